The highest BCUT2D eigenvalue weighted by atomic mass is 15.4. The van der Waals surface area contributed by atoms with E-state index in [0.29, 0.717) is 6.04 Å². The molecule has 0 aliphatic carbocycles. The summed E-state index contributed by atoms with van der Waals surface area (Å²) in [5.41, 5.74) is 8.15. The van der Waals surface area contributed by atoms with E-state index in [0.717, 1.165) is 36.6 Å². The first-order valence-electron chi connectivity index (χ1n) is 6.23. The molecule has 1 aromatic heterocycles. The molecule has 4 nitrogen and oxygen atoms in total. The van der Waals surface area contributed by atoms with Gasteiger partial charge in [0.2, 0.25) is 0 Å². The second kappa shape index (κ2) is 4.36. The average Bonchev–Trinajstić information content (AvgIpc) is 2.74. The summed E-state index contributed by atoms with van der Waals surface area (Å²) in [6.45, 7) is 5.53. The van der Waals surface area contributed by atoms with E-state index in [1.165, 1.54) is 12.8 Å². The second-order valence-electron chi connectivity index (χ2n) is 4.74. The van der Waals surface area contributed by atoms with Gasteiger partial charge in [0.15, 0.2) is 5.82 Å². The molecule has 1 fully saturated rings. The van der Waals surface area contributed by atoms with Gasteiger partial charge in [-0.15, -0.1) is 0 Å². The summed E-state index contributed by atoms with van der Waals surface area (Å²) in [6, 6.07) is 0.590. The van der Waals surface area contributed by atoms with Crippen LogP contribution in [0.4, 0.5) is 11.5 Å². The predicted molar refractivity (Wildman–Crippen MR) is 67.7 cm³/mol. The first-order valence-corrected chi connectivity index (χ1v) is 6.23. The van der Waals surface area contributed by atoms with Crippen LogP contribution in [0.1, 0.15) is 38.8 Å². The predicted octanol–water partition coefficient (Wildman–Crippen LogP) is 1.94. The summed E-state index contributed by atoms with van der Waals surface area (Å²) in [5, 5.41) is 4.53. The fourth-order valence-corrected chi connectivity index (χ4v) is 2.60. The van der Waals surface area contributed by atoms with Crippen molar-refractivity contribution in [3.8, 4) is 0 Å². The highest BCUT2D eigenvalue weighted by Crippen LogP contribution is 2.32. The summed E-state index contributed by atoms with van der Waals surface area (Å²) in [7, 11) is 2.00. The quantitative estimate of drug-likeness (QED) is 0.850. The van der Waals surface area contributed by atoms with Crippen LogP contribution in [-0.4, -0.2) is 22.4 Å². The molecule has 4 heteroatoms. The van der Waals surface area contributed by atoms with Gasteiger partial charge in [0.25, 0.3) is 0 Å². The molecule has 0 radical (unpaired) electrons. The van der Waals surface area contributed by atoms with Gasteiger partial charge in [0.1, 0.15) is 0 Å². The molecule has 1 aliphatic rings. The van der Waals surface area contributed by atoms with Crippen LogP contribution in [-0.2, 0) is 13.5 Å². The Labute approximate surface area is 97.4 Å². The summed E-state index contributed by atoms with van der Waals surface area (Å²) >= 11 is 0. The number of anilines is 2. The Balaban J connectivity index is 2.32. The second-order valence-corrected chi connectivity index (χ2v) is 4.74. The molecule has 1 aromatic rings. The Morgan fingerprint density at radius 2 is 2.25 bits per heavy atom. The highest BCUT2D eigenvalue weighted by Gasteiger charge is 2.26. The Hall–Kier alpha value is -1.19. The molecule has 0 spiro atoms. The van der Waals surface area contributed by atoms with Crippen molar-refractivity contribution < 1.29 is 0 Å². The summed E-state index contributed by atoms with van der Waals surface area (Å²) in [4.78, 5) is 2.39. The van der Waals surface area contributed by atoms with Crippen LogP contribution in [0.2, 0.25) is 0 Å². The van der Waals surface area contributed by atoms with Gasteiger partial charge in [-0.25, -0.2) is 0 Å². The Bertz CT molecular complexity index is 369. The van der Waals surface area contributed by atoms with Gasteiger partial charge in [-0.1, -0.05) is 13.3 Å². The van der Waals surface area contributed by atoms with Crippen LogP contribution in [0, 0.1) is 0 Å². The monoisotopic (exact) mass is 222 g/mol. The van der Waals surface area contributed by atoms with Gasteiger partial charge in [-0.2, -0.15) is 5.10 Å². The number of hydrogen-bond acceptors (Lipinski definition) is 3. The van der Waals surface area contributed by atoms with Gasteiger partial charge in [0.05, 0.1) is 11.4 Å². The Morgan fingerprint density at radius 3 is 2.81 bits per heavy atom. The molecular formula is C12H22N4. The molecular weight excluding hydrogens is 200 g/mol. The van der Waals surface area contributed by atoms with E-state index in [4.69, 9.17) is 5.73 Å². The number of hydrogen-bond donors (Lipinski definition) is 1. The minimum absolute atomic E-state index is 0.590. The summed E-state index contributed by atoms with van der Waals surface area (Å²) in [6.07, 6.45) is 4.58. The van der Waals surface area contributed by atoms with Crippen LogP contribution in [0.25, 0.3) is 0 Å². The van der Waals surface area contributed by atoms with E-state index in [1.54, 1.807) is 0 Å². The van der Waals surface area contributed by atoms with Crippen molar-refractivity contribution in [2.24, 2.45) is 7.05 Å². The van der Waals surface area contributed by atoms with E-state index in [-0.39, 0.29) is 0 Å². The standard InChI is InChI=1S/C12H22N4/c1-4-6-10-11(13)12(15(3)14-10)16-8-5-7-9(16)2/h9H,4-8,13H2,1-3H3. The molecule has 0 saturated carbocycles. The third-order valence-electron chi connectivity index (χ3n) is 3.44. The zero-order valence-corrected chi connectivity index (χ0v) is 10.5. The number of nitrogen functional groups attached to an aromatic ring is 1. The Kier molecular flexibility index (Phi) is 3.08. The van der Waals surface area contributed by atoms with Crippen LogP contribution >= 0.6 is 0 Å². The van der Waals surface area contributed by atoms with Crippen LogP contribution in [0.15, 0.2) is 0 Å². The third-order valence-corrected chi connectivity index (χ3v) is 3.44. The van der Waals surface area contributed by atoms with Gasteiger partial charge in [-0.3, -0.25) is 4.68 Å². The van der Waals surface area contributed by atoms with Crippen molar-refractivity contribution in [3.63, 3.8) is 0 Å². The molecule has 0 bridgehead atoms. The van der Waals surface area contributed by atoms with Crippen LogP contribution in [0.3, 0.4) is 0 Å². The molecule has 2 N–H and O–H groups in total. The summed E-state index contributed by atoms with van der Waals surface area (Å²) < 4.78 is 1.95. The number of nitrogens with two attached hydrogens (primary N) is 1. The van der Waals surface area contributed by atoms with E-state index in [2.05, 4.69) is 23.8 Å². The summed E-state index contributed by atoms with van der Waals surface area (Å²) in [5.74, 6) is 1.12. The van der Waals surface area contributed by atoms with Crippen molar-refractivity contribution in [2.75, 3.05) is 17.2 Å². The lowest BCUT2D eigenvalue weighted by molar-refractivity contribution is 0.674. The lowest BCUT2D eigenvalue weighted by Gasteiger charge is -2.24. The molecule has 16 heavy (non-hydrogen) atoms. The lowest BCUT2D eigenvalue weighted by atomic mass is 10.2. The van der Waals surface area contributed by atoms with Crippen molar-refractivity contribution in [1.29, 1.82) is 0 Å². The average molecular weight is 222 g/mol. The largest absolute Gasteiger partial charge is 0.394 e. The van der Waals surface area contributed by atoms with Gasteiger partial charge < -0.3 is 10.6 Å². The number of nitrogens with zero attached hydrogens (tertiary/aromatic N) is 3. The van der Waals surface area contributed by atoms with Crippen LogP contribution in [0.5, 0.6) is 0 Å². The SMILES string of the molecule is CCCc1nn(C)c(N2CCCC2C)c1N. The zero-order chi connectivity index (χ0) is 11.7. The number of rotatable bonds is 3. The highest BCUT2D eigenvalue weighted by molar-refractivity contribution is 5.67. The molecule has 1 atom stereocenters. The van der Waals surface area contributed by atoms with Crippen molar-refractivity contribution in [3.05, 3.63) is 5.69 Å². The molecule has 2 heterocycles. The Morgan fingerprint density at radius 1 is 1.50 bits per heavy atom. The molecule has 0 aromatic carbocycles. The number of aromatic nitrogens is 2. The maximum atomic E-state index is 6.21. The minimum atomic E-state index is 0.590. The third kappa shape index (κ3) is 1.77. The fraction of sp³-hybridized carbons (Fsp3) is 0.750. The first-order chi connectivity index (χ1) is 7.65. The molecule has 1 unspecified atom stereocenters. The van der Waals surface area contributed by atoms with E-state index < -0.39 is 0 Å². The van der Waals surface area contributed by atoms with E-state index >= 15 is 0 Å². The number of aryl methyl sites for hydroxylation is 2. The molecule has 1 saturated heterocycles. The van der Waals surface area contributed by atoms with Crippen molar-refractivity contribution in [2.45, 2.75) is 45.6 Å². The normalized spacial score (nSPS) is 20.7. The van der Waals surface area contributed by atoms with E-state index in [9.17, 15) is 0 Å². The van der Waals surface area contributed by atoms with Gasteiger partial charge in [0, 0.05) is 19.6 Å². The zero-order valence-electron chi connectivity index (χ0n) is 10.5. The smallest absolute Gasteiger partial charge is 0.150 e. The van der Waals surface area contributed by atoms with Crippen molar-refractivity contribution in [1.82, 2.24) is 9.78 Å². The van der Waals surface area contributed by atoms with Crippen molar-refractivity contribution >= 4 is 11.5 Å². The molecule has 90 valence electrons. The maximum absolute atomic E-state index is 6.21. The first kappa shape index (κ1) is 11.3. The van der Waals surface area contributed by atoms with Gasteiger partial charge in [-0.05, 0) is 26.2 Å². The van der Waals surface area contributed by atoms with E-state index in [1.807, 2.05) is 11.7 Å². The fourth-order valence-electron chi connectivity index (χ4n) is 2.60. The molecule has 0 amide bonds. The van der Waals surface area contributed by atoms with Crippen LogP contribution < -0.4 is 10.6 Å². The molecule has 1 aliphatic heterocycles. The maximum Gasteiger partial charge on any atom is 0.150 e. The minimum Gasteiger partial charge on any atom is -0.394 e. The topological polar surface area (TPSA) is 47.1 Å². The van der Waals surface area contributed by atoms with Gasteiger partial charge >= 0.3 is 0 Å². The lowest BCUT2D eigenvalue weighted by Crippen LogP contribution is -2.29. The molecule has 2 rings (SSSR count).